The predicted octanol–water partition coefficient (Wildman–Crippen LogP) is 3.96. The fraction of sp³-hybridized carbons (Fsp3) is 0.500. The van der Waals surface area contributed by atoms with E-state index in [0.29, 0.717) is 38.0 Å². The number of likely N-dealkylation sites (tertiary alicyclic amines) is 2. The Morgan fingerprint density at radius 2 is 1.97 bits per heavy atom. The fourth-order valence-electron chi connectivity index (χ4n) is 5.12. The molecule has 3 aromatic rings. The van der Waals surface area contributed by atoms with E-state index in [2.05, 4.69) is 19.9 Å². The van der Waals surface area contributed by atoms with Gasteiger partial charge in [0, 0.05) is 12.1 Å². The van der Waals surface area contributed by atoms with Crippen LogP contribution in [0.5, 0.6) is 5.75 Å². The van der Waals surface area contributed by atoms with E-state index in [4.69, 9.17) is 4.74 Å². The largest absolute Gasteiger partial charge is 0.493 e. The molecule has 2 aliphatic heterocycles. The molecule has 2 aliphatic rings. The number of ether oxygens (including phenoxy) is 1. The van der Waals surface area contributed by atoms with Crippen LogP contribution in [0.25, 0.3) is 22.4 Å². The van der Waals surface area contributed by atoms with Gasteiger partial charge in [-0.05, 0) is 62.9 Å². The maximum Gasteiger partial charge on any atom is 0.419 e. The Labute approximate surface area is 221 Å². The number of aromatic nitrogens is 4. The average Bonchev–Trinajstić information content (AvgIpc) is 3.57. The molecule has 1 atom stereocenters. The lowest BCUT2D eigenvalue weighted by Gasteiger charge is -2.32. The summed E-state index contributed by atoms with van der Waals surface area (Å²) in [6.45, 7) is 2.43. The summed E-state index contributed by atoms with van der Waals surface area (Å²) in [7, 11) is 0. The normalized spacial score (nSPS) is 18.9. The third-order valence-electron chi connectivity index (χ3n) is 7.28. The highest BCUT2D eigenvalue weighted by molar-refractivity contribution is 5.87. The highest BCUT2D eigenvalue weighted by atomic mass is 19.4. The fourth-order valence-corrected chi connectivity index (χ4v) is 5.12. The molecule has 13 heteroatoms. The first-order valence-corrected chi connectivity index (χ1v) is 12.8. The molecule has 1 N–H and O–H groups in total. The number of hydrogen-bond donors (Lipinski definition) is 1. The van der Waals surface area contributed by atoms with Crippen molar-refractivity contribution in [2.75, 3.05) is 39.3 Å². The topological polar surface area (TPSA) is 111 Å². The Balaban J connectivity index is 1.19. The molecule has 2 fully saturated rings. The lowest BCUT2D eigenvalue weighted by Crippen LogP contribution is -2.43. The van der Waals surface area contributed by atoms with Crippen molar-refractivity contribution in [3.05, 3.63) is 35.9 Å². The van der Waals surface area contributed by atoms with E-state index in [9.17, 15) is 27.6 Å². The number of alkyl halides is 4. The van der Waals surface area contributed by atoms with Crippen molar-refractivity contribution in [1.29, 1.82) is 5.26 Å². The summed E-state index contributed by atoms with van der Waals surface area (Å²) in [5, 5.41) is 9.20. The number of nitrogens with zero attached hydrogens (tertiary/aromatic N) is 6. The molecule has 0 radical (unpaired) electrons. The summed E-state index contributed by atoms with van der Waals surface area (Å²) in [5.74, 6) is -0.259. The molecule has 9 nitrogen and oxygen atoms in total. The molecule has 2 saturated heterocycles. The van der Waals surface area contributed by atoms with Crippen LogP contribution in [0.1, 0.15) is 37.1 Å². The van der Waals surface area contributed by atoms with Gasteiger partial charge in [-0.15, -0.1) is 0 Å². The minimum absolute atomic E-state index is 0.0564. The first-order chi connectivity index (χ1) is 18.7. The Bertz CT molecular complexity index is 1380. The zero-order valence-corrected chi connectivity index (χ0v) is 21.0. The van der Waals surface area contributed by atoms with Crippen molar-refractivity contribution in [2.24, 2.45) is 5.92 Å². The molecule has 0 spiro atoms. The van der Waals surface area contributed by atoms with Crippen LogP contribution < -0.4 is 4.74 Å². The number of nitrogens with one attached hydrogen (secondary N) is 1. The van der Waals surface area contributed by atoms with Crippen molar-refractivity contribution >= 4 is 17.1 Å². The first kappa shape index (κ1) is 26.8. The molecular weight excluding hydrogens is 518 g/mol. The molecule has 0 aliphatic carbocycles. The van der Waals surface area contributed by atoms with Crippen molar-refractivity contribution < 1.29 is 27.1 Å². The van der Waals surface area contributed by atoms with Crippen LogP contribution in [0.2, 0.25) is 0 Å². The van der Waals surface area contributed by atoms with Crippen LogP contribution in [0.3, 0.4) is 0 Å². The molecule has 0 saturated carbocycles. The summed E-state index contributed by atoms with van der Waals surface area (Å²) < 4.78 is 60.9. The number of amides is 1. The van der Waals surface area contributed by atoms with Crippen molar-refractivity contribution in [1.82, 2.24) is 29.7 Å². The lowest BCUT2D eigenvalue weighted by molar-refractivity contribution is -0.139. The SMILES string of the molecule is N#Cc1nc(-c2ccc(OCCC3CCN(CC(=O)N4CC[C@H](F)C4)CC3)c(C(F)(F)F)c2)c2[nH]cnc2n1. The van der Waals surface area contributed by atoms with Gasteiger partial charge in [0.25, 0.3) is 0 Å². The van der Waals surface area contributed by atoms with Gasteiger partial charge in [-0.3, -0.25) is 9.69 Å². The van der Waals surface area contributed by atoms with E-state index in [0.717, 1.165) is 18.9 Å². The number of benzene rings is 1. The number of fused-ring (bicyclic) bond motifs is 1. The number of aromatic amines is 1. The number of piperidine rings is 1. The number of hydrogen-bond acceptors (Lipinski definition) is 7. The summed E-state index contributed by atoms with van der Waals surface area (Å²) in [6, 6.07) is 5.49. The predicted molar refractivity (Wildman–Crippen MR) is 132 cm³/mol. The number of imidazole rings is 1. The lowest BCUT2D eigenvalue weighted by atomic mass is 9.94. The standard InChI is InChI=1S/C26H27F4N7O2/c27-18-5-9-37(13-18)22(38)14-36-7-3-16(4-8-36)6-10-39-20-2-1-17(11-19(20)26(28,29)30)23-24-25(33-15-32-24)35-21(12-31)34-23/h1-2,11,15-16,18H,3-10,13-14H2,(H,32,33,34,35)/t18-/m0/s1. The van der Waals surface area contributed by atoms with Gasteiger partial charge < -0.3 is 14.6 Å². The first-order valence-electron chi connectivity index (χ1n) is 12.8. The molecule has 5 rings (SSSR count). The Kier molecular flexibility index (Phi) is 7.65. The Hall–Kier alpha value is -3.79. The minimum atomic E-state index is -4.67. The summed E-state index contributed by atoms with van der Waals surface area (Å²) in [4.78, 5) is 30.8. The Morgan fingerprint density at radius 1 is 1.18 bits per heavy atom. The molecular formula is C26H27F4N7O2. The van der Waals surface area contributed by atoms with Gasteiger partial charge in [-0.25, -0.2) is 14.4 Å². The summed E-state index contributed by atoms with van der Waals surface area (Å²) in [6.07, 6.45) is -1.68. The monoisotopic (exact) mass is 545 g/mol. The quantitative estimate of drug-likeness (QED) is 0.448. The molecule has 39 heavy (non-hydrogen) atoms. The van der Waals surface area contributed by atoms with Gasteiger partial charge in [0.2, 0.25) is 11.7 Å². The van der Waals surface area contributed by atoms with E-state index < -0.39 is 17.9 Å². The second-order valence-corrected chi connectivity index (χ2v) is 9.90. The average molecular weight is 546 g/mol. The highest BCUT2D eigenvalue weighted by Crippen LogP contribution is 2.39. The van der Waals surface area contributed by atoms with E-state index in [1.807, 2.05) is 4.90 Å². The van der Waals surface area contributed by atoms with Gasteiger partial charge >= 0.3 is 6.18 Å². The van der Waals surface area contributed by atoms with Crippen molar-refractivity contribution in [3.8, 4) is 23.1 Å². The zero-order chi connectivity index (χ0) is 27.6. The maximum atomic E-state index is 14.0. The van der Waals surface area contributed by atoms with E-state index in [1.165, 1.54) is 18.5 Å². The van der Waals surface area contributed by atoms with E-state index in [-0.39, 0.29) is 60.0 Å². The Morgan fingerprint density at radius 3 is 2.67 bits per heavy atom. The maximum absolute atomic E-state index is 14.0. The molecule has 1 amide bonds. The summed E-state index contributed by atoms with van der Waals surface area (Å²) in [5.41, 5.74) is -0.122. The number of carbonyl (C=O) groups excluding carboxylic acids is 1. The second kappa shape index (κ2) is 11.1. The molecule has 4 heterocycles. The number of nitriles is 1. The van der Waals surface area contributed by atoms with Crippen LogP contribution in [0.15, 0.2) is 24.5 Å². The zero-order valence-electron chi connectivity index (χ0n) is 21.0. The molecule has 0 bridgehead atoms. The van der Waals surface area contributed by atoms with Gasteiger partial charge in [0.1, 0.15) is 29.2 Å². The molecule has 1 aromatic carbocycles. The number of halogens is 4. The van der Waals surface area contributed by atoms with Crippen LogP contribution >= 0.6 is 0 Å². The van der Waals surface area contributed by atoms with Crippen LogP contribution in [-0.2, 0) is 11.0 Å². The van der Waals surface area contributed by atoms with Crippen LogP contribution in [-0.4, -0.2) is 81.1 Å². The minimum Gasteiger partial charge on any atom is -0.493 e. The number of H-pyrrole nitrogens is 1. The van der Waals surface area contributed by atoms with Crippen molar-refractivity contribution in [2.45, 2.75) is 38.0 Å². The molecule has 206 valence electrons. The smallest absolute Gasteiger partial charge is 0.419 e. The third kappa shape index (κ3) is 6.11. The van der Waals surface area contributed by atoms with E-state index in [1.54, 1.807) is 11.0 Å². The third-order valence-corrected chi connectivity index (χ3v) is 7.28. The van der Waals surface area contributed by atoms with Gasteiger partial charge in [-0.2, -0.15) is 23.4 Å². The van der Waals surface area contributed by atoms with Gasteiger partial charge in [0.15, 0.2) is 5.65 Å². The van der Waals surface area contributed by atoms with Gasteiger partial charge in [-0.1, -0.05) is 0 Å². The summed E-state index contributed by atoms with van der Waals surface area (Å²) >= 11 is 0. The van der Waals surface area contributed by atoms with E-state index >= 15 is 0 Å². The van der Waals surface area contributed by atoms with Gasteiger partial charge in [0.05, 0.1) is 31.6 Å². The second-order valence-electron chi connectivity index (χ2n) is 9.90. The molecule has 2 aromatic heterocycles. The van der Waals surface area contributed by atoms with Crippen LogP contribution in [0, 0.1) is 17.2 Å². The number of carbonyl (C=O) groups is 1. The highest BCUT2D eigenvalue weighted by Gasteiger charge is 2.35. The van der Waals surface area contributed by atoms with Crippen molar-refractivity contribution in [3.63, 3.8) is 0 Å². The molecule has 0 unspecified atom stereocenters. The number of rotatable bonds is 7. The van der Waals surface area contributed by atoms with Crippen LogP contribution in [0.4, 0.5) is 17.6 Å².